The van der Waals surface area contributed by atoms with Crippen LogP contribution in [0.25, 0.3) is 86.6 Å². The van der Waals surface area contributed by atoms with Gasteiger partial charge >= 0.3 is 12.7 Å². The van der Waals surface area contributed by atoms with Gasteiger partial charge in [-0.1, -0.05) is 344 Å². The predicted octanol–water partition coefficient (Wildman–Crippen LogP) is 40.1. The van der Waals surface area contributed by atoms with E-state index in [0.717, 1.165) is 108 Å². The monoisotopic (exact) mass is 1980 g/mol. The summed E-state index contributed by atoms with van der Waals surface area (Å²) in [6.45, 7) is 44.3. The molecule has 0 radical (unpaired) electrons. The van der Waals surface area contributed by atoms with Crippen LogP contribution in [0.3, 0.4) is 0 Å². The molecule has 143 heavy (non-hydrogen) atoms. The first-order valence-corrected chi connectivity index (χ1v) is 50.2. The zero-order chi connectivity index (χ0) is 110. The van der Waals surface area contributed by atoms with Gasteiger partial charge in [-0.05, 0) is 250 Å². The van der Waals surface area contributed by atoms with Crippen LogP contribution in [0.15, 0.2) is 336 Å². The highest BCUT2D eigenvalue weighted by Gasteiger charge is 2.43. The standard InChI is InChI=1S/C63H61F3N2O2S.C33H35ClF3NOS.C30H27NO/c1-59(2,3)44-23-26-46(27-24-44)67(47-28-29-51-55(39-47)71-58-57(51)61(7,8)31-32-62(58,9)10)48-36-49(38-50(37-48)70-63(64,65)66)68(53-30-25-45(60(4,5)6)35-52(53)41-19-15-12-16-20-41)56-34-43-22-21-42(33-54(43)69-56)40-17-13-11-14-18-40;1-30(2,3)20-8-10-22(11-9-20)38(24-16-21(34)17-25(18-24)39-33(35,36)37)23-12-13-26-27(19-23)40-29-28(26)31(4,5)14-15-32(29,6)7;1-30(2,3)25-16-17-27(26(20-25)22-12-8-5-9-13-22)31-29-19-24-15-14-23(18-28(24)32-29)21-10-6-4-7-11-21/h11-30,33-39H,31-32H2,1-10H3;8-13,16-19H,14-15H2,1-7H3;4-20,31H,1-3H3/i11D,13D,14D,17D,18D;;4D,6D,7D,10D,11D. The lowest BCUT2D eigenvalue weighted by Crippen LogP contribution is -2.32. The average molecular weight is 1980 g/mol. The van der Waals surface area contributed by atoms with E-state index in [1.165, 1.54) is 61.5 Å². The number of nitrogens with one attached hydrogen (secondary N) is 1. The Hall–Kier alpha value is -13.3. The molecule has 4 heterocycles. The van der Waals surface area contributed by atoms with E-state index in [0.29, 0.717) is 50.6 Å². The Morgan fingerprint density at radius 1 is 0.343 bits per heavy atom. The first-order chi connectivity index (χ1) is 71.6. The third-order valence-corrected chi connectivity index (χ3v) is 30.7. The first kappa shape index (κ1) is 87.5. The number of fused-ring (bicyclic) bond motifs is 8. The van der Waals surface area contributed by atoms with Gasteiger partial charge in [0, 0.05) is 105 Å². The Kier molecular flexibility index (Phi) is 23.3. The van der Waals surface area contributed by atoms with Crippen molar-refractivity contribution >= 4 is 139 Å². The molecule has 0 saturated carbocycles. The highest BCUT2D eigenvalue weighted by molar-refractivity contribution is 7.20. The molecule has 8 nitrogen and oxygen atoms in total. The van der Waals surface area contributed by atoms with Gasteiger partial charge in [-0.15, -0.1) is 49.0 Å². The number of furan rings is 2. The van der Waals surface area contributed by atoms with Crippen LogP contribution in [0, 0.1) is 0 Å². The minimum Gasteiger partial charge on any atom is -0.440 e. The molecule has 0 amide bonds. The molecule has 0 unspecified atom stereocenters. The van der Waals surface area contributed by atoms with E-state index in [4.69, 9.17) is 38.9 Å². The molecule has 0 atom stereocenters. The fourth-order valence-electron chi connectivity index (χ4n) is 19.3. The lowest BCUT2D eigenvalue weighted by Gasteiger charge is -2.39. The van der Waals surface area contributed by atoms with Gasteiger partial charge in [-0.2, -0.15) is 0 Å². The van der Waals surface area contributed by atoms with Crippen molar-refractivity contribution in [2.75, 3.05) is 20.0 Å². The summed E-state index contributed by atoms with van der Waals surface area (Å²) in [7, 11) is 0. The molecule has 0 spiro atoms. The van der Waals surface area contributed by atoms with E-state index in [1.54, 1.807) is 58.7 Å². The molecular formula is C126H123ClF6N4O4S2. The molecule has 4 aromatic heterocycles. The van der Waals surface area contributed by atoms with Crippen LogP contribution in [0.4, 0.5) is 89.3 Å². The molecule has 14 aromatic carbocycles. The summed E-state index contributed by atoms with van der Waals surface area (Å²) >= 11 is 9.95. The average Bonchev–Trinajstić information content (AvgIpc) is 1.56. The summed E-state index contributed by atoms with van der Waals surface area (Å²) in [6, 6.07) is 80.7. The first-order valence-electron chi connectivity index (χ1n) is 53.2. The van der Waals surface area contributed by atoms with Gasteiger partial charge in [0.25, 0.3) is 0 Å². The van der Waals surface area contributed by atoms with Crippen molar-refractivity contribution < 1.29 is 58.4 Å². The van der Waals surface area contributed by atoms with E-state index in [2.05, 4.69) is 246 Å². The zero-order valence-corrected chi connectivity index (χ0v) is 86.6. The van der Waals surface area contributed by atoms with E-state index in [9.17, 15) is 26.3 Å². The Morgan fingerprint density at radius 3 is 1.19 bits per heavy atom. The lowest BCUT2D eigenvalue weighted by molar-refractivity contribution is -0.275. The maximum Gasteiger partial charge on any atom is 0.573 e. The molecule has 1 N–H and O–H groups in total. The molecule has 0 fully saturated rings. The lowest BCUT2D eigenvalue weighted by atomic mass is 9.66. The molecule has 20 rings (SSSR count). The van der Waals surface area contributed by atoms with E-state index in [-0.39, 0.29) is 113 Å². The van der Waals surface area contributed by atoms with Gasteiger partial charge in [0.05, 0.1) is 36.5 Å². The minimum absolute atomic E-state index is 0.00121. The largest absolute Gasteiger partial charge is 0.573 e. The van der Waals surface area contributed by atoms with Gasteiger partial charge < -0.3 is 33.4 Å². The molecule has 2 aliphatic rings. The van der Waals surface area contributed by atoms with Crippen LogP contribution >= 0.6 is 34.3 Å². The molecule has 2 aliphatic carbocycles. The van der Waals surface area contributed by atoms with Crippen molar-refractivity contribution in [2.24, 2.45) is 0 Å². The molecule has 17 heteroatoms. The fraction of sp³-hybridized carbons (Fsp3) is 0.270. The summed E-state index contributed by atoms with van der Waals surface area (Å²) in [5.41, 5.74) is 18.3. The van der Waals surface area contributed by atoms with Crippen LogP contribution in [0.1, 0.15) is 221 Å². The molecule has 0 aliphatic heterocycles. The number of rotatable bonds is 17. The Bertz CT molecular complexity index is 8320. The smallest absolute Gasteiger partial charge is 0.440 e. The van der Waals surface area contributed by atoms with Gasteiger partial charge in [0.1, 0.15) is 22.7 Å². The van der Waals surface area contributed by atoms with Gasteiger partial charge in [-0.3, -0.25) is 4.90 Å². The highest BCUT2D eigenvalue weighted by atomic mass is 35.5. The third-order valence-electron chi connectivity index (χ3n) is 27.4. The summed E-state index contributed by atoms with van der Waals surface area (Å²) < 4.78 is 191. The molecule has 0 saturated heterocycles. The van der Waals surface area contributed by atoms with Crippen molar-refractivity contribution in [3.8, 4) is 56.0 Å². The predicted molar refractivity (Wildman–Crippen MR) is 589 cm³/mol. The minimum atomic E-state index is -5.06. The van der Waals surface area contributed by atoms with Gasteiger partial charge in [0.2, 0.25) is 5.88 Å². The van der Waals surface area contributed by atoms with Crippen molar-refractivity contribution in [3.05, 3.63) is 376 Å². The highest BCUT2D eigenvalue weighted by Crippen LogP contribution is 2.58. The Morgan fingerprint density at radius 2 is 0.734 bits per heavy atom. The van der Waals surface area contributed by atoms with E-state index >= 15 is 0 Å². The second kappa shape index (κ2) is 38.1. The Balaban J connectivity index is 0.000000165. The topological polar surface area (TPSA) is 66.5 Å². The summed E-state index contributed by atoms with van der Waals surface area (Å²) in [5.74, 6) is -0.0260. The molecule has 18 aromatic rings. The van der Waals surface area contributed by atoms with Crippen LogP contribution in [0.5, 0.6) is 11.5 Å². The SMILES string of the molecule is CC(C)(C)c1ccc(N(c2cc(Cl)cc(OC(F)(F)F)c2)c2ccc3c4c(sc3c2)C(C)(C)CCC4(C)C)cc1.[2H]c1c([2H])c([2H])c(-c2ccc3cc(N(c4cc(OC(F)(F)F)cc(N(c5ccc(C(C)(C)C)cc5)c5ccc6c7c(sc6c5)C(C)(C)CCC7(C)C)c4)c4ccc(C(C)(C)C)cc4-c4ccccc4)oc3c2)c([2H])c1[2H].[2H]c1c([2H])c([2H])c(-c2ccc3cc(Nc4ccc(C(C)(C)C)cc4-c4ccccc4)oc3c2)c([2H])c1[2H]. The van der Waals surface area contributed by atoms with E-state index < -0.39 is 42.6 Å². The van der Waals surface area contributed by atoms with Crippen LogP contribution in [-0.2, 0) is 43.3 Å². The van der Waals surface area contributed by atoms with Gasteiger partial charge in [0.15, 0.2) is 5.88 Å². The quantitative estimate of drug-likeness (QED) is 0.0905. The van der Waals surface area contributed by atoms with Crippen molar-refractivity contribution in [1.29, 1.82) is 0 Å². The van der Waals surface area contributed by atoms with Crippen LogP contribution in [-0.4, -0.2) is 12.7 Å². The van der Waals surface area contributed by atoms with Crippen LogP contribution < -0.4 is 29.5 Å². The summed E-state index contributed by atoms with van der Waals surface area (Å²) in [5, 5.41) is 7.44. The third kappa shape index (κ3) is 21.7. The number of thiophene rings is 2. The zero-order valence-electron chi connectivity index (χ0n) is 94.2. The fourth-order valence-corrected chi connectivity index (χ4v) is 22.6. The number of ether oxygens (including phenoxy) is 2. The number of halogens is 7. The maximum atomic E-state index is 14.8. The molecule has 732 valence electrons. The Labute approximate surface area is 864 Å². The second-order valence-electron chi connectivity index (χ2n) is 44.1. The number of hydrogen-bond acceptors (Lipinski definition) is 10. The number of nitrogens with zero attached hydrogens (tertiary/aromatic N) is 3. The van der Waals surface area contributed by atoms with Crippen molar-refractivity contribution in [1.82, 2.24) is 0 Å². The second-order valence-corrected chi connectivity index (χ2v) is 46.6. The number of hydrogen-bond donors (Lipinski definition) is 1. The number of anilines is 11. The maximum absolute atomic E-state index is 14.8. The van der Waals surface area contributed by atoms with Gasteiger partial charge in [-0.25, -0.2) is 0 Å². The van der Waals surface area contributed by atoms with E-state index in [1.807, 2.05) is 124 Å². The van der Waals surface area contributed by atoms with Crippen LogP contribution in [0.2, 0.25) is 5.02 Å². The summed E-state index contributed by atoms with van der Waals surface area (Å²) in [4.78, 5) is 8.50. The number of alkyl halides is 6. The molecular weight excluding hydrogens is 1850 g/mol. The van der Waals surface area contributed by atoms with Crippen molar-refractivity contribution in [3.63, 3.8) is 0 Å². The van der Waals surface area contributed by atoms with Crippen molar-refractivity contribution in [2.45, 2.75) is 220 Å². The summed E-state index contributed by atoms with van der Waals surface area (Å²) in [6.07, 6.45) is -5.53. The molecule has 0 bridgehead atoms. The number of benzene rings is 14. The normalized spacial score (nSPS) is 15.5.